The molecule has 0 spiro atoms. The van der Waals surface area contributed by atoms with Crippen molar-refractivity contribution in [3.05, 3.63) is 81.4 Å². The van der Waals surface area contributed by atoms with Crippen molar-refractivity contribution in [2.75, 3.05) is 12.8 Å². The van der Waals surface area contributed by atoms with E-state index in [0.717, 1.165) is 17.7 Å². The second-order valence-electron chi connectivity index (χ2n) is 6.34. The molecule has 0 saturated carbocycles. The summed E-state index contributed by atoms with van der Waals surface area (Å²) in [6, 6.07) is 11.7. The summed E-state index contributed by atoms with van der Waals surface area (Å²) in [6.45, 7) is 1.53. The van der Waals surface area contributed by atoms with E-state index >= 15 is 0 Å². The molecule has 0 radical (unpaired) electrons. The van der Waals surface area contributed by atoms with Crippen LogP contribution in [0.5, 0.6) is 17.2 Å². The Bertz CT molecular complexity index is 1090. The lowest BCUT2D eigenvalue weighted by Gasteiger charge is -2.15. The van der Waals surface area contributed by atoms with E-state index in [2.05, 4.69) is 0 Å². The van der Waals surface area contributed by atoms with Gasteiger partial charge in [0.05, 0.1) is 28.7 Å². The normalized spacial score (nSPS) is 10.7. The van der Waals surface area contributed by atoms with Crippen molar-refractivity contribution in [3.8, 4) is 17.2 Å². The highest BCUT2D eigenvalue weighted by atomic mass is 32.2. The van der Waals surface area contributed by atoms with Crippen LogP contribution in [0.1, 0.15) is 11.1 Å². The highest BCUT2D eigenvalue weighted by Crippen LogP contribution is 2.43. The average Bonchev–Trinajstić information content (AvgIpc) is 2.73. The first-order chi connectivity index (χ1) is 14.3. The minimum absolute atomic E-state index is 0.118. The Kier molecular flexibility index (Phi) is 6.41. The first-order valence-corrected chi connectivity index (χ1v) is 9.74. The van der Waals surface area contributed by atoms with Gasteiger partial charge in [-0.2, -0.15) is 0 Å². The first kappa shape index (κ1) is 21.4. The Labute approximate surface area is 175 Å². The number of halogens is 2. The number of nitro benzene ring substituents is 1. The lowest BCUT2D eigenvalue weighted by Crippen LogP contribution is -2.00. The number of nitrogens with two attached hydrogens (primary N) is 1. The van der Waals surface area contributed by atoms with Crippen molar-refractivity contribution in [2.45, 2.75) is 17.6 Å². The lowest BCUT2D eigenvalue weighted by molar-refractivity contribution is -0.385. The van der Waals surface area contributed by atoms with E-state index in [0.29, 0.717) is 11.5 Å². The Morgan fingerprint density at radius 1 is 1.07 bits per heavy atom. The van der Waals surface area contributed by atoms with Crippen LogP contribution in [0.2, 0.25) is 0 Å². The number of ether oxygens (including phenoxy) is 2. The molecule has 0 saturated heterocycles. The van der Waals surface area contributed by atoms with Crippen LogP contribution in [0.25, 0.3) is 0 Å². The van der Waals surface area contributed by atoms with Crippen LogP contribution in [-0.4, -0.2) is 12.0 Å². The molecule has 0 aliphatic rings. The smallest absolute Gasteiger partial charge is 0.276 e. The van der Waals surface area contributed by atoms with Gasteiger partial charge < -0.3 is 15.2 Å². The molecule has 0 aliphatic carbocycles. The zero-order chi connectivity index (χ0) is 21.8. The zero-order valence-electron chi connectivity index (χ0n) is 16.1. The Balaban J connectivity index is 1.98. The van der Waals surface area contributed by atoms with Crippen molar-refractivity contribution in [1.29, 1.82) is 0 Å². The molecule has 0 heterocycles. The molecule has 2 N–H and O–H groups in total. The number of hydrogen-bond acceptors (Lipinski definition) is 6. The van der Waals surface area contributed by atoms with Crippen LogP contribution < -0.4 is 15.2 Å². The largest absolute Gasteiger partial charge is 0.497 e. The quantitative estimate of drug-likeness (QED) is 0.218. The Morgan fingerprint density at radius 3 is 2.33 bits per heavy atom. The molecule has 0 aromatic heterocycles. The van der Waals surface area contributed by atoms with Crippen LogP contribution in [-0.2, 0) is 5.75 Å². The van der Waals surface area contributed by atoms with E-state index in [1.807, 2.05) is 12.1 Å². The molecule has 0 unspecified atom stereocenters. The molecule has 3 rings (SSSR count). The van der Waals surface area contributed by atoms with Crippen molar-refractivity contribution in [2.24, 2.45) is 0 Å². The molecule has 0 aliphatic heterocycles. The third kappa shape index (κ3) is 4.62. The van der Waals surface area contributed by atoms with Crippen molar-refractivity contribution < 1.29 is 23.2 Å². The van der Waals surface area contributed by atoms with Crippen molar-refractivity contribution >= 4 is 23.1 Å². The van der Waals surface area contributed by atoms with E-state index in [4.69, 9.17) is 15.2 Å². The molecule has 0 atom stereocenters. The van der Waals surface area contributed by atoms with Crippen molar-refractivity contribution in [1.82, 2.24) is 0 Å². The molecule has 0 bridgehead atoms. The van der Waals surface area contributed by atoms with E-state index < -0.39 is 16.6 Å². The first-order valence-electron chi connectivity index (χ1n) is 8.76. The summed E-state index contributed by atoms with van der Waals surface area (Å²) in [7, 11) is 1.56. The third-order valence-electron chi connectivity index (χ3n) is 4.34. The average molecular weight is 432 g/mol. The van der Waals surface area contributed by atoms with Crippen LogP contribution in [0.3, 0.4) is 0 Å². The molecule has 0 fully saturated rings. The van der Waals surface area contributed by atoms with E-state index in [1.165, 1.54) is 30.8 Å². The Hall–Kier alpha value is -3.33. The predicted octanol–water partition coefficient (Wildman–Crippen LogP) is 5.86. The molecule has 0 amide bonds. The Morgan fingerprint density at radius 2 is 1.73 bits per heavy atom. The number of hydrogen-bond donors (Lipinski definition) is 1. The maximum absolute atomic E-state index is 14.8. The standard InChI is InChI=1S/C21H18F2N2O4S/c1-12-19(25(26)27)10-17(23)20(29-15-7-8-16(22)18(24)9-15)21(12)30-11-13-3-5-14(28-2)6-4-13/h3-10H,11,24H2,1-2H3. The molecule has 9 heteroatoms. The fourth-order valence-corrected chi connectivity index (χ4v) is 3.82. The molecule has 3 aromatic carbocycles. The monoisotopic (exact) mass is 432 g/mol. The number of nitro groups is 1. The minimum atomic E-state index is -0.896. The fraction of sp³-hybridized carbons (Fsp3) is 0.143. The molecular weight excluding hydrogens is 414 g/mol. The van der Waals surface area contributed by atoms with Gasteiger partial charge in [-0.3, -0.25) is 10.1 Å². The second-order valence-corrected chi connectivity index (χ2v) is 7.33. The second kappa shape index (κ2) is 9.00. The maximum Gasteiger partial charge on any atom is 0.276 e. The summed E-state index contributed by atoms with van der Waals surface area (Å²) >= 11 is 1.20. The van der Waals surface area contributed by atoms with Gasteiger partial charge in [0.25, 0.3) is 5.69 Å². The van der Waals surface area contributed by atoms with Gasteiger partial charge in [0.15, 0.2) is 11.6 Å². The van der Waals surface area contributed by atoms with E-state index in [1.54, 1.807) is 19.2 Å². The summed E-state index contributed by atoms with van der Waals surface area (Å²) in [5.41, 5.74) is 6.22. The van der Waals surface area contributed by atoms with Crippen LogP contribution >= 0.6 is 11.8 Å². The summed E-state index contributed by atoms with van der Waals surface area (Å²) in [6.07, 6.45) is 0. The van der Waals surface area contributed by atoms with E-state index in [-0.39, 0.29) is 33.3 Å². The molecule has 6 nitrogen and oxygen atoms in total. The number of benzene rings is 3. The molecule has 156 valence electrons. The van der Waals surface area contributed by atoms with Gasteiger partial charge in [0.1, 0.15) is 17.3 Å². The van der Waals surface area contributed by atoms with Crippen LogP contribution in [0, 0.1) is 28.7 Å². The predicted molar refractivity (Wildman–Crippen MR) is 111 cm³/mol. The highest BCUT2D eigenvalue weighted by molar-refractivity contribution is 7.98. The van der Waals surface area contributed by atoms with Crippen LogP contribution in [0.15, 0.2) is 53.4 Å². The topological polar surface area (TPSA) is 87.6 Å². The molecular formula is C21H18F2N2O4S. The number of thioether (sulfide) groups is 1. The van der Waals surface area contributed by atoms with Gasteiger partial charge in [0.2, 0.25) is 0 Å². The van der Waals surface area contributed by atoms with Gasteiger partial charge >= 0.3 is 0 Å². The fourth-order valence-electron chi connectivity index (χ4n) is 2.73. The number of rotatable bonds is 7. The number of nitrogen functional groups attached to an aromatic ring is 1. The van der Waals surface area contributed by atoms with Crippen molar-refractivity contribution in [3.63, 3.8) is 0 Å². The van der Waals surface area contributed by atoms with Crippen LogP contribution in [0.4, 0.5) is 20.2 Å². The zero-order valence-corrected chi connectivity index (χ0v) is 17.0. The molecule has 3 aromatic rings. The van der Waals surface area contributed by atoms with Gasteiger partial charge in [-0.05, 0) is 36.8 Å². The summed E-state index contributed by atoms with van der Waals surface area (Å²) in [5, 5.41) is 11.3. The van der Waals surface area contributed by atoms with Gasteiger partial charge in [-0.1, -0.05) is 12.1 Å². The summed E-state index contributed by atoms with van der Waals surface area (Å²) < 4.78 is 39.0. The highest BCUT2D eigenvalue weighted by Gasteiger charge is 2.24. The van der Waals surface area contributed by atoms with Gasteiger partial charge in [-0.15, -0.1) is 11.8 Å². The van der Waals surface area contributed by atoms with Gasteiger partial charge in [-0.25, -0.2) is 8.78 Å². The van der Waals surface area contributed by atoms with Gasteiger partial charge in [0, 0.05) is 17.4 Å². The number of nitrogens with zero attached hydrogens (tertiary/aromatic N) is 1. The number of anilines is 1. The van der Waals surface area contributed by atoms with E-state index in [9.17, 15) is 18.9 Å². The minimum Gasteiger partial charge on any atom is -0.497 e. The lowest BCUT2D eigenvalue weighted by atomic mass is 10.2. The summed E-state index contributed by atoms with van der Waals surface area (Å²) in [5.74, 6) is -0.480. The maximum atomic E-state index is 14.8. The third-order valence-corrected chi connectivity index (χ3v) is 5.60. The number of methoxy groups -OCH3 is 1. The SMILES string of the molecule is COc1ccc(CSc2c(C)c([N+](=O)[O-])cc(F)c2Oc2ccc(F)c(N)c2)cc1. The summed E-state index contributed by atoms with van der Waals surface area (Å²) in [4.78, 5) is 11.0. The molecule has 30 heavy (non-hydrogen) atoms.